The molecule has 1 fully saturated rings. The van der Waals surface area contributed by atoms with Crippen molar-refractivity contribution in [1.82, 2.24) is 29.9 Å². The number of aryl methyl sites for hydroxylation is 1. The van der Waals surface area contributed by atoms with Gasteiger partial charge in [-0.1, -0.05) is 12.1 Å². The summed E-state index contributed by atoms with van der Waals surface area (Å²) in [4.78, 5) is 20.4. The second-order valence-corrected chi connectivity index (χ2v) is 6.94. The summed E-state index contributed by atoms with van der Waals surface area (Å²) in [5.74, 6) is 2.16. The van der Waals surface area contributed by atoms with Crippen LogP contribution in [-0.2, 0) is 4.79 Å². The van der Waals surface area contributed by atoms with Gasteiger partial charge in [0.05, 0.1) is 0 Å². The number of carbonyl (C=O) groups is 1. The van der Waals surface area contributed by atoms with Crippen LogP contribution in [0.25, 0.3) is 5.82 Å². The van der Waals surface area contributed by atoms with Crippen LogP contribution in [0.2, 0.25) is 0 Å². The van der Waals surface area contributed by atoms with Crippen molar-refractivity contribution in [2.75, 3.05) is 37.7 Å². The van der Waals surface area contributed by atoms with E-state index in [1.54, 1.807) is 11.0 Å². The molecule has 0 radical (unpaired) electrons. The molecule has 3 aromatic rings. The number of benzene rings is 1. The van der Waals surface area contributed by atoms with E-state index < -0.39 is 0 Å². The normalized spacial score (nSPS) is 14.1. The Morgan fingerprint density at radius 3 is 2.48 bits per heavy atom. The lowest BCUT2D eigenvalue weighted by Gasteiger charge is -2.35. The zero-order valence-corrected chi connectivity index (χ0v) is 16.5. The van der Waals surface area contributed by atoms with Crippen molar-refractivity contribution >= 4 is 11.7 Å². The lowest BCUT2D eigenvalue weighted by Crippen LogP contribution is -2.50. The van der Waals surface area contributed by atoms with Gasteiger partial charge in [-0.15, -0.1) is 10.2 Å². The third-order valence-electron chi connectivity index (χ3n) is 5.15. The SMILES string of the molecule is Cc1cccc(OCC(=O)N2CCN(c3ccc(-n4cncn4)nn3)CC2)c1C. The van der Waals surface area contributed by atoms with Crippen molar-refractivity contribution in [2.45, 2.75) is 13.8 Å². The molecule has 9 heteroatoms. The third-order valence-corrected chi connectivity index (χ3v) is 5.15. The molecule has 1 saturated heterocycles. The van der Waals surface area contributed by atoms with E-state index in [-0.39, 0.29) is 12.5 Å². The van der Waals surface area contributed by atoms with Crippen LogP contribution in [0.1, 0.15) is 11.1 Å². The standard InChI is InChI=1S/C20H23N7O2/c1-15-4-3-5-17(16(15)2)29-12-20(28)26-10-8-25(9-11-26)18-6-7-19(24-23-18)27-14-21-13-22-27/h3-7,13-14H,8-12H2,1-2H3. The Morgan fingerprint density at radius 2 is 1.79 bits per heavy atom. The van der Waals surface area contributed by atoms with Gasteiger partial charge in [-0.3, -0.25) is 4.79 Å². The minimum absolute atomic E-state index is 0.00169. The maximum atomic E-state index is 12.5. The summed E-state index contributed by atoms with van der Waals surface area (Å²) in [6.45, 7) is 6.74. The highest BCUT2D eigenvalue weighted by atomic mass is 16.5. The molecule has 4 rings (SSSR count). The number of anilines is 1. The molecule has 150 valence electrons. The minimum atomic E-state index is -0.00169. The molecule has 0 N–H and O–H groups in total. The van der Waals surface area contributed by atoms with E-state index >= 15 is 0 Å². The van der Waals surface area contributed by atoms with E-state index in [0.29, 0.717) is 32.0 Å². The number of hydrogen-bond donors (Lipinski definition) is 0. The summed E-state index contributed by atoms with van der Waals surface area (Å²) in [7, 11) is 0. The predicted molar refractivity (Wildman–Crippen MR) is 107 cm³/mol. The number of carbonyl (C=O) groups excluding carboxylic acids is 1. The molecular formula is C20H23N7O2. The molecule has 0 atom stereocenters. The molecule has 2 aromatic heterocycles. The lowest BCUT2D eigenvalue weighted by molar-refractivity contribution is -0.133. The van der Waals surface area contributed by atoms with Crippen LogP contribution >= 0.6 is 0 Å². The molecule has 29 heavy (non-hydrogen) atoms. The molecule has 0 spiro atoms. The van der Waals surface area contributed by atoms with Crippen LogP contribution in [0, 0.1) is 13.8 Å². The van der Waals surface area contributed by atoms with Gasteiger partial charge in [0.1, 0.15) is 18.4 Å². The first-order valence-electron chi connectivity index (χ1n) is 9.52. The molecule has 0 aliphatic carbocycles. The Kier molecular flexibility index (Phi) is 5.37. The second-order valence-electron chi connectivity index (χ2n) is 6.94. The zero-order chi connectivity index (χ0) is 20.2. The van der Waals surface area contributed by atoms with Gasteiger partial charge in [-0.2, -0.15) is 5.10 Å². The smallest absolute Gasteiger partial charge is 0.260 e. The van der Waals surface area contributed by atoms with Crippen LogP contribution in [0.15, 0.2) is 43.0 Å². The van der Waals surface area contributed by atoms with Gasteiger partial charge >= 0.3 is 0 Å². The van der Waals surface area contributed by atoms with E-state index in [1.807, 2.05) is 49.1 Å². The molecule has 1 amide bonds. The minimum Gasteiger partial charge on any atom is -0.483 e. The summed E-state index contributed by atoms with van der Waals surface area (Å²) in [5.41, 5.74) is 2.22. The number of piperazine rings is 1. The predicted octanol–water partition coefficient (Wildman–Crippen LogP) is 1.40. The van der Waals surface area contributed by atoms with Crippen LogP contribution in [0.3, 0.4) is 0 Å². The van der Waals surface area contributed by atoms with Crippen LogP contribution in [0.5, 0.6) is 5.75 Å². The number of amides is 1. The maximum absolute atomic E-state index is 12.5. The molecule has 1 aromatic carbocycles. The van der Waals surface area contributed by atoms with Crippen molar-refractivity contribution in [3.05, 3.63) is 54.1 Å². The highest BCUT2D eigenvalue weighted by Gasteiger charge is 2.22. The van der Waals surface area contributed by atoms with E-state index in [4.69, 9.17) is 4.74 Å². The maximum Gasteiger partial charge on any atom is 0.260 e. The monoisotopic (exact) mass is 393 g/mol. The fraction of sp³-hybridized carbons (Fsp3) is 0.350. The van der Waals surface area contributed by atoms with Gasteiger partial charge in [0.15, 0.2) is 18.2 Å². The number of ether oxygens (including phenoxy) is 1. The Balaban J connectivity index is 1.29. The summed E-state index contributed by atoms with van der Waals surface area (Å²) < 4.78 is 7.31. The zero-order valence-electron chi connectivity index (χ0n) is 16.5. The molecule has 1 aliphatic heterocycles. The molecule has 1 aliphatic rings. The largest absolute Gasteiger partial charge is 0.483 e. The van der Waals surface area contributed by atoms with Gasteiger partial charge in [0, 0.05) is 26.2 Å². The Bertz CT molecular complexity index is 965. The molecule has 9 nitrogen and oxygen atoms in total. The van der Waals surface area contributed by atoms with E-state index in [2.05, 4.69) is 25.2 Å². The van der Waals surface area contributed by atoms with Crippen molar-refractivity contribution in [3.8, 4) is 11.6 Å². The Labute approximate surface area is 168 Å². The Hall–Kier alpha value is -3.49. The molecule has 0 bridgehead atoms. The van der Waals surface area contributed by atoms with Gasteiger partial charge in [0.2, 0.25) is 0 Å². The van der Waals surface area contributed by atoms with E-state index in [0.717, 1.165) is 22.7 Å². The molecule has 0 saturated carbocycles. The highest BCUT2D eigenvalue weighted by molar-refractivity contribution is 5.78. The summed E-state index contributed by atoms with van der Waals surface area (Å²) in [6.07, 6.45) is 3.03. The highest BCUT2D eigenvalue weighted by Crippen LogP contribution is 2.20. The van der Waals surface area contributed by atoms with Gasteiger partial charge in [0.25, 0.3) is 5.91 Å². The average molecular weight is 393 g/mol. The topological polar surface area (TPSA) is 89.3 Å². The average Bonchev–Trinajstić information content (AvgIpc) is 3.30. The third kappa shape index (κ3) is 4.18. The number of nitrogens with zero attached hydrogens (tertiary/aromatic N) is 7. The fourth-order valence-corrected chi connectivity index (χ4v) is 3.23. The van der Waals surface area contributed by atoms with Crippen LogP contribution < -0.4 is 9.64 Å². The second kappa shape index (κ2) is 8.26. The van der Waals surface area contributed by atoms with E-state index in [9.17, 15) is 4.79 Å². The fourth-order valence-electron chi connectivity index (χ4n) is 3.23. The van der Waals surface area contributed by atoms with Crippen molar-refractivity contribution in [2.24, 2.45) is 0 Å². The molecule has 0 unspecified atom stereocenters. The lowest BCUT2D eigenvalue weighted by atomic mass is 10.1. The Morgan fingerprint density at radius 1 is 1.03 bits per heavy atom. The van der Waals surface area contributed by atoms with Crippen LogP contribution in [0.4, 0.5) is 5.82 Å². The van der Waals surface area contributed by atoms with E-state index in [1.165, 1.54) is 6.33 Å². The molecular weight excluding hydrogens is 370 g/mol. The summed E-state index contributed by atoms with van der Waals surface area (Å²) >= 11 is 0. The van der Waals surface area contributed by atoms with Gasteiger partial charge in [-0.05, 0) is 43.2 Å². The van der Waals surface area contributed by atoms with Gasteiger partial charge in [-0.25, -0.2) is 9.67 Å². The number of rotatable bonds is 5. The quantitative estimate of drug-likeness (QED) is 0.647. The number of aromatic nitrogens is 5. The first kappa shape index (κ1) is 18.9. The van der Waals surface area contributed by atoms with Gasteiger partial charge < -0.3 is 14.5 Å². The van der Waals surface area contributed by atoms with Crippen molar-refractivity contribution in [1.29, 1.82) is 0 Å². The first-order valence-corrected chi connectivity index (χ1v) is 9.52. The van der Waals surface area contributed by atoms with Crippen molar-refractivity contribution < 1.29 is 9.53 Å². The van der Waals surface area contributed by atoms with Crippen molar-refractivity contribution in [3.63, 3.8) is 0 Å². The van der Waals surface area contributed by atoms with Crippen LogP contribution in [-0.4, -0.2) is 68.6 Å². The summed E-state index contributed by atoms with van der Waals surface area (Å²) in [6, 6.07) is 9.63. The first-order chi connectivity index (χ1) is 14.1. The number of hydrogen-bond acceptors (Lipinski definition) is 7. The molecule has 3 heterocycles. The summed E-state index contributed by atoms with van der Waals surface area (Å²) in [5, 5.41) is 12.5.